The summed E-state index contributed by atoms with van der Waals surface area (Å²) in [6, 6.07) is 18.9. The van der Waals surface area contributed by atoms with Crippen LogP contribution >= 0.6 is 11.6 Å². The summed E-state index contributed by atoms with van der Waals surface area (Å²) in [4.78, 5) is 20.4. The number of aryl methyl sites for hydroxylation is 1. The van der Waals surface area contributed by atoms with Gasteiger partial charge in [0.25, 0.3) is 5.69 Å². The first kappa shape index (κ1) is 23.2. The minimum absolute atomic E-state index is 0.169. The predicted molar refractivity (Wildman–Crippen MR) is 135 cm³/mol. The molecule has 4 rings (SSSR count). The minimum atomic E-state index is -0.495. The Hall–Kier alpha value is -4.99. The number of allylic oxidation sites excluding steroid dienone is 1. The number of rotatable bonds is 6. The molecule has 35 heavy (non-hydrogen) atoms. The van der Waals surface area contributed by atoms with Crippen LogP contribution in [0.5, 0.6) is 0 Å². The summed E-state index contributed by atoms with van der Waals surface area (Å²) in [5.74, 6) is 0.570. The highest BCUT2D eigenvalue weighted by molar-refractivity contribution is 6.31. The van der Waals surface area contributed by atoms with Crippen molar-refractivity contribution in [3.8, 4) is 12.1 Å². The number of halogens is 1. The fourth-order valence-corrected chi connectivity index (χ4v) is 3.63. The number of hydrogen-bond donors (Lipinski definition) is 2. The monoisotopic (exact) mass is 481 g/mol. The number of anilines is 4. The van der Waals surface area contributed by atoms with E-state index in [4.69, 9.17) is 22.1 Å². The standard InChI is InChI=1S/C25H16ClN7O2/c1-15-11-17(3-2-10-27)12-22(33(34)35)23(15)31-24-20-13-18(26)6-9-21(20)30-25(32-24)29-19-7-4-16(14-28)5-8-19/h2-9,11-13H,1H3,(H2,29,30,31,32)/b3-2+. The number of nitro groups is 1. The first-order chi connectivity index (χ1) is 16.9. The van der Waals surface area contributed by atoms with Gasteiger partial charge in [-0.15, -0.1) is 0 Å². The van der Waals surface area contributed by atoms with Crippen LogP contribution in [-0.4, -0.2) is 14.9 Å². The molecule has 2 N–H and O–H groups in total. The molecule has 0 aliphatic heterocycles. The molecular weight excluding hydrogens is 466 g/mol. The Morgan fingerprint density at radius 2 is 1.83 bits per heavy atom. The van der Waals surface area contributed by atoms with E-state index in [0.717, 1.165) is 0 Å². The molecule has 0 bridgehead atoms. The highest BCUT2D eigenvalue weighted by Crippen LogP contribution is 2.35. The molecule has 0 saturated carbocycles. The second-order valence-corrected chi connectivity index (χ2v) is 7.88. The molecule has 10 heteroatoms. The molecule has 0 atom stereocenters. The third kappa shape index (κ3) is 5.17. The third-order valence-electron chi connectivity index (χ3n) is 5.06. The van der Waals surface area contributed by atoms with Crippen LogP contribution in [0.2, 0.25) is 5.02 Å². The van der Waals surface area contributed by atoms with Crippen molar-refractivity contribution in [2.75, 3.05) is 10.6 Å². The maximum absolute atomic E-state index is 11.9. The van der Waals surface area contributed by atoms with Gasteiger partial charge in [0.1, 0.15) is 11.5 Å². The van der Waals surface area contributed by atoms with E-state index in [0.29, 0.717) is 44.1 Å². The third-order valence-corrected chi connectivity index (χ3v) is 5.29. The van der Waals surface area contributed by atoms with Gasteiger partial charge in [0.2, 0.25) is 5.95 Å². The second-order valence-electron chi connectivity index (χ2n) is 7.45. The van der Waals surface area contributed by atoms with E-state index < -0.39 is 4.92 Å². The highest BCUT2D eigenvalue weighted by atomic mass is 35.5. The van der Waals surface area contributed by atoms with Crippen molar-refractivity contribution >= 4 is 57.4 Å². The summed E-state index contributed by atoms with van der Waals surface area (Å²) >= 11 is 6.21. The van der Waals surface area contributed by atoms with Crippen LogP contribution < -0.4 is 10.6 Å². The topological polar surface area (TPSA) is 141 Å². The smallest absolute Gasteiger partial charge is 0.293 e. The quantitative estimate of drug-likeness (QED) is 0.183. The Labute approximate surface area is 205 Å². The fourth-order valence-electron chi connectivity index (χ4n) is 3.46. The number of nitrogens with one attached hydrogen (secondary N) is 2. The van der Waals surface area contributed by atoms with E-state index in [1.54, 1.807) is 55.5 Å². The van der Waals surface area contributed by atoms with Crippen LogP contribution in [0.3, 0.4) is 0 Å². The average Bonchev–Trinajstić information content (AvgIpc) is 2.84. The molecule has 0 fully saturated rings. The molecule has 0 amide bonds. The lowest BCUT2D eigenvalue weighted by Crippen LogP contribution is -2.05. The van der Waals surface area contributed by atoms with E-state index in [1.165, 1.54) is 18.2 Å². The Bertz CT molecular complexity index is 1570. The van der Waals surface area contributed by atoms with Crippen molar-refractivity contribution in [1.82, 2.24) is 9.97 Å². The number of nitrogens with zero attached hydrogens (tertiary/aromatic N) is 5. The zero-order valence-electron chi connectivity index (χ0n) is 18.3. The van der Waals surface area contributed by atoms with E-state index in [-0.39, 0.29) is 17.3 Å². The number of aromatic nitrogens is 2. The van der Waals surface area contributed by atoms with Gasteiger partial charge < -0.3 is 10.6 Å². The van der Waals surface area contributed by atoms with Gasteiger partial charge in [0.05, 0.1) is 28.1 Å². The van der Waals surface area contributed by atoms with Crippen molar-refractivity contribution in [1.29, 1.82) is 10.5 Å². The molecule has 3 aromatic carbocycles. The van der Waals surface area contributed by atoms with Crippen molar-refractivity contribution in [2.45, 2.75) is 6.92 Å². The van der Waals surface area contributed by atoms with Crippen molar-refractivity contribution in [2.24, 2.45) is 0 Å². The zero-order chi connectivity index (χ0) is 24.9. The SMILES string of the molecule is Cc1cc(/C=C/C#N)cc([N+](=O)[O-])c1Nc1nc(Nc2ccc(C#N)cc2)nc2ccc(Cl)cc12. The van der Waals surface area contributed by atoms with Gasteiger partial charge in [-0.05, 0) is 72.7 Å². The molecular formula is C25H16ClN7O2. The zero-order valence-corrected chi connectivity index (χ0v) is 19.0. The maximum Gasteiger partial charge on any atom is 0.293 e. The summed E-state index contributed by atoms with van der Waals surface area (Å²) in [7, 11) is 0. The molecule has 1 aromatic heterocycles. The van der Waals surface area contributed by atoms with Gasteiger partial charge in [0.15, 0.2) is 0 Å². The van der Waals surface area contributed by atoms with E-state index in [1.807, 2.05) is 6.07 Å². The molecule has 0 unspecified atom stereocenters. The van der Waals surface area contributed by atoms with Gasteiger partial charge in [-0.2, -0.15) is 15.5 Å². The Morgan fingerprint density at radius 3 is 2.51 bits per heavy atom. The second kappa shape index (κ2) is 9.87. The van der Waals surface area contributed by atoms with Crippen LogP contribution in [0.15, 0.2) is 60.7 Å². The largest absolute Gasteiger partial charge is 0.334 e. The summed E-state index contributed by atoms with van der Waals surface area (Å²) in [5, 5.41) is 36.9. The lowest BCUT2D eigenvalue weighted by molar-refractivity contribution is -0.384. The van der Waals surface area contributed by atoms with Crippen LogP contribution in [-0.2, 0) is 0 Å². The molecule has 170 valence electrons. The van der Waals surface area contributed by atoms with Crippen molar-refractivity contribution < 1.29 is 4.92 Å². The first-order valence-corrected chi connectivity index (χ1v) is 10.6. The molecule has 0 spiro atoms. The van der Waals surface area contributed by atoms with Gasteiger partial charge >= 0.3 is 0 Å². The molecule has 0 saturated heterocycles. The highest BCUT2D eigenvalue weighted by Gasteiger charge is 2.20. The molecule has 0 aliphatic rings. The molecule has 9 nitrogen and oxygen atoms in total. The summed E-state index contributed by atoms with van der Waals surface area (Å²) in [6.45, 7) is 1.73. The Morgan fingerprint density at radius 1 is 1.06 bits per heavy atom. The summed E-state index contributed by atoms with van der Waals surface area (Å²) < 4.78 is 0. The molecule has 0 radical (unpaired) electrons. The van der Waals surface area contributed by atoms with Crippen LogP contribution in [0, 0.1) is 39.7 Å². The van der Waals surface area contributed by atoms with E-state index in [2.05, 4.69) is 26.7 Å². The van der Waals surface area contributed by atoms with E-state index in [9.17, 15) is 10.1 Å². The van der Waals surface area contributed by atoms with Crippen molar-refractivity contribution in [3.63, 3.8) is 0 Å². The van der Waals surface area contributed by atoms with Crippen molar-refractivity contribution in [3.05, 3.63) is 92.5 Å². The number of nitriles is 2. The number of fused-ring (bicyclic) bond motifs is 1. The van der Waals surface area contributed by atoms with Gasteiger partial charge in [-0.1, -0.05) is 11.6 Å². The Balaban J connectivity index is 1.81. The lowest BCUT2D eigenvalue weighted by atomic mass is 10.1. The first-order valence-electron chi connectivity index (χ1n) is 10.2. The number of benzene rings is 3. The molecule has 0 aliphatic carbocycles. The van der Waals surface area contributed by atoms with Crippen LogP contribution in [0.25, 0.3) is 17.0 Å². The van der Waals surface area contributed by atoms with Gasteiger partial charge in [0, 0.05) is 28.2 Å². The summed E-state index contributed by atoms with van der Waals surface area (Å²) in [6.07, 6.45) is 2.76. The van der Waals surface area contributed by atoms with E-state index >= 15 is 0 Å². The molecule has 1 heterocycles. The van der Waals surface area contributed by atoms with Crippen LogP contribution in [0.1, 0.15) is 16.7 Å². The average molecular weight is 482 g/mol. The predicted octanol–water partition coefficient (Wildman–Crippen LogP) is 6.40. The Kier molecular flexibility index (Phi) is 6.54. The molecule has 4 aromatic rings. The number of hydrogen-bond acceptors (Lipinski definition) is 8. The minimum Gasteiger partial charge on any atom is -0.334 e. The summed E-state index contributed by atoms with van der Waals surface area (Å²) in [5.41, 5.74) is 2.96. The van der Waals surface area contributed by atoms with Gasteiger partial charge in [-0.25, -0.2) is 4.98 Å². The lowest BCUT2D eigenvalue weighted by Gasteiger charge is -2.14. The maximum atomic E-state index is 11.9. The van der Waals surface area contributed by atoms with Gasteiger partial charge in [-0.3, -0.25) is 10.1 Å². The fraction of sp³-hybridized carbons (Fsp3) is 0.0400. The van der Waals surface area contributed by atoms with Crippen LogP contribution in [0.4, 0.5) is 28.8 Å². The number of nitro benzene ring substituents is 1. The normalized spacial score (nSPS) is 10.6.